The van der Waals surface area contributed by atoms with Crippen molar-refractivity contribution in [1.29, 1.82) is 0 Å². The molecule has 2 heterocycles. The zero-order chi connectivity index (χ0) is 20.5. The molecule has 0 N–H and O–H groups in total. The van der Waals surface area contributed by atoms with Crippen molar-refractivity contribution < 1.29 is 18.3 Å². The second kappa shape index (κ2) is 8.11. The summed E-state index contributed by atoms with van der Waals surface area (Å²) in [6, 6.07) is 12.2. The van der Waals surface area contributed by atoms with Crippen LogP contribution in [0.3, 0.4) is 0 Å². The van der Waals surface area contributed by atoms with Crippen LogP contribution in [0.15, 0.2) is 42.5 Å². The summed E-state index contributed by atoms with van der Waals surface area (Å²) in [7, 11) is 0. The molecule has 0 aliphatic carbocycles. The standard InChI is InChI=1S/C23H26F2N2O2/c1-15(2)29-21-9-4-3-6-16(21)13-26-11-10-19-20(26)12-22(28)27(19)14-17-7-5-8-18(24)23(17)25/h3-9,15,19-20H,10-14H2,1-2H3/t19-,20-/m0/s1. The Balaban J connectivity index is 1.49. The summed E-state index contributed by atoms with van der Waals surface area (Å²) in [6.45, 7) is 5.69. The van der Waals surface area contributed by atoms with Gasteiger partial charge in [-0.1, -0.05) is 30.3 Å². The number of ether oxygens (including phenoxy) is 1. The molecule has 2 aromatic rings. The summed E-state index contributed by atoms with van der Waals surface area (Å²) in [6.07, 6.45) is 1.34. The van der Waals surface area contributed by atoms with Gasteiger partial charge in [-0.25, -0.2) is 8.78 Å². The zero-order valence-corrected chi connectivity index (χ0v) is 16.8. The highest BCUT2D eigenvalue weighted by Gasteiger charge is 2.46. The molecule has 6 heteroatoms. The van der Waals surface area contributed by atoms with Gasteiger partial charge in [0.25, 0.3) is 0 Å². The van der Waals surface area contributed by atoms with E-state index in [9.17, 15) is 13.6 Å². The predicted octanol–water partition coefficient (Wildman–Crippen LogP) is 4.13. The van der Waals surface area contributed by atoms with Gasteiger partial charge >= 0.3 is 0 Å². The minimum atomic E-state index is -0.875. The number of hydrogen-bond acceptors (Lipinski definition) is 3. The van der Waals surface area contributed by atoms with Gasteiger partial charge in [0.1, 0.15) is 5.75 Å². The third-order valence-corrected chi connectivity index (χ3v) is 5.81. The largest absolute Gasteiger partial charge is 0.491 e. The predicted molar refractivity (Wildman–Crippen MR) is 106 cm³/mol. The van der Waals surface area contributed by atoms with Crippen LogP contribution in [-0.4, -0.2) is 40.4 Å². The molecule has 2 aliphatic heterocycles. The van der Waals surface area contributed by atoms with Crippen molar-refractivity contribution in [2.45, 2.75) is 58.0 Å². The summed E-state index contributed by atoms with van der Waals surface area (Å²) < 4.78 is 33.6. The number of amides is 1. The van der Waals surface area contributed by atoms with Crippen molar-refractivity contribution in [3.63, 3.8) is 0 Å². The molecule has 0 unspecified atom stereocenters. The van der Waals surface area contributed by atoms with Gasteiger partial charge in [0.15, 0.2) is 11.6 Å². The van der Waals surface area contributed by atoms with Crippen LogP contribution in [-0.2, 0) is 17.9 Å². The number of para-hydroxylation sites is 1. The van der Waals surface area contributed by atoms with Crippen molar-refractivity contribution in [2.24, 2.45) is 0 Å². The molecule has 2 aliphatic rings. The highest BCUT2D eigenvalue weighted by atomic mass is 19.2. The Labute approximate surface area is 170 Å². The quantitative estimate of drug-likeness (QED) is 0.731. The van der Waals surface area contributed by atoms with Crippen LogP contribution in [0.1, 0.15) is 37.8 Å². The fourth-order valence-electron chi connectivity index (χ4n) is 4.49. The van der Waals surface area contributed by atoms with E-state index < -0.39 is 11.6 Å². The molecule has 2 atom stereocenters. The van der Waals surface area contributed by atoms with Crippen molar-refractivity contribution >= 4 is 5.91 Å². The van der Waals surface area contributed by atoms with Gasteiger partial charge in [0.05, 0.1) is 6.10 Å². The van der Waals surface area contributed by atoms with E-state index in [1.54, 1.807) is 11.0 Å². The van der Waals surface area contributed by atoms with Crippen LogP contribution in [0.25, 0.3) is 0 Å². The molecule has 29 heavy (non-hydrogen) atoms. The summed E-state index contributed by atoms with van der Waals surface area (Å²) in [4.78, 5) is 16.7. The number of carbonyl (C=O) groups is 1. The van der Waals surface area contributed by atoms with E-state index in [0.29, 0.717) is 13.0 Å². The van der Waals surface area contributed by atoms with Gasteiger partial charge < -0.3 is 9.64 Å². The number of likely N-dealkylation sites (tertiary alicyclic amines) is 2. The lowest BCUT2D eigenvalue weighted by molar-refractivity contribution is -0.129. The SMILES string of the molecule is CC(C)Oc1ccccc1CN1CC[C@H]2[C@@H]1CC(=O)N2Cc1cccc(F)c1F. The molecule has 0 spiro atoms. The lowest BCUT2D eigenvalue weighted by Crippen LogP contribution is -2.37. The minimum Gasteiger partial charge on any atom is -0.491 e. The third-order valence-electron chi connectivity index (χ3n) is 5.81. The number of fused-ring (bicyclic) bond motifs is 1. The first-order valence-corrected chi connectivity index (χ1v) is 10.1. The number of halogens is 2. The third kappa shape index (κ3) is 3.99. The van der Waals surface area contributed by atoms with E-state index >= 15 is 0 Å². The van der Waals surface area contributed by atoms with Gasteiger partial charge in [-0.15, -0.1) is 0 Å². The number of carbonyl (C=O) groups excluding carboxylic acids is 1. The van der Waals surface area contributed by atoms with Crippen LogP contribution >= 0.6 is 0 Å². The molecule has 0 saturated carbocycles. The van der Waals surface area contributed by atoms with Crippen molar-refractivity contribution in [2.75, 3.05) is 6.54 Å². The smallest absolute Gasteiger partial charge is 0.224 e. The summed E-state index contributed by atoms with van der Waals surface area (Å²) in [5.74, 6) is -0.868. The van der Waals surface area contributed by atoms with Gasteiger partial charge in [-0.2, -0.15) is 0 Å². The van der Waals surface area contributed by atoms with Gasteiger partial charge in [0, 0.05) is 49.3 Å². The number of rotatable bonds is 6. The van der Waals surface area contributed by atoms with Crippen LogP contribution < -0.4 is 4.74 Å². The molecule has 154 valence electrons. The lowest BCUT2D eigenvalue weighted by Gasteiger charge is -2.26. The average molecular weight is 400 g/mol. The molecule has 2 fully saturated rings. The van der Waals surface area contributed by atoms with E-state index in [1.165, 1.54) is 6.07 Å². The Kier molecular flexibility index (Phi) is 5.54. The number of nitrogens with zero attached hydrogens (tertiary/aromatic N) is 2. The lowest BCUT2D eigenvalue weighted by atomic mass is 10.1. The minimum absolute atomic E-state index is 0.0000711. The molecule has 2 saturated heterocycles. The molecule has 4 nitrogen and oxygen atoms in total. The zero-order valence-electron chi connectivity index (χ0n) is 16.8. The van der Waals surface area contributed by atoms with E-state index in [1.807, 2.05) is 32.0 Å². The molecular weight excluding hydrogens is 374 g/mol. The molecule has 2 aromatic carbocycles. The topological polar surface area (TPSA) is 32.8 Å². The Bertz CT molecular complexity index is 902. The second-order valence-electron chi connectivity index (χ2n) is 8.11. The Morgan fingerprint density at radius 1 is 1.03 bits per heavy atom. The highest BCUT2D eigenvalue weighted by Crippen LogP contribution is 2.36. The fourth-order valence-corrected chi connectivity index (χ4v) is 4.49. The molecule has 0 radical (unpaired) electrons. The van der Waals surface area contributed by atoms with E-state index in [2.05, 4.69) is 11.0 Å². The van der Waals surface area contributed by atoms with E-state index in [-0.39, 0.29) is 36.2 Å². The van der Waals surface area contributed by atoms with Crippen LogP contribution in [0.2, 0.25) is 0 Å². The first-order valence-electron chi connectivity index (χ1n) is 10.1. The van der Waals surface area contributed by atoms with Gasteiger partial charge in [0.2, 0.25) is 5.91 Å². The van der Waals surface area contributed by atoms with E-state index in [4.69, 9.17) is 4.74 Å². The average Bonchev–Trinajstić information content (AvgIpc) is 3.20. The first kappa shape index (κ1) is 19.8. The maximum absolute atomic E-state index is 14.1. The van der Waals surface area contributed by atoms with Crippen molar-refractivity contribution in [3.8, 4) is 5.75 Å². The Hall–Kier alpha value is -2.47. The van der Waals surface area contributed by atoms with Gasteiger partial charge in [-0.05, 0) is 32.4 Å². The monoisotopic (exact) mass is 400 g/mol. The number of benzene rings is 2. The van der Waals surface area contributed by atoms with E-state index in [0.717, 1.165) is 30.3 Å². The van der Waals surface area contributed by atoms with Crippen molar-refractivity contribution in [1.82, 2.24) is 9.80 Å². The number of hydrogen-bond donors (Lipinski definition) is 0. The fraction of sp³-hybridized carbons (Fsp3) is 0.435. The molecule has 4 rings (SSSR count). The maximum Gasteiger partial charge on any atom is 0.224 e. The Morgan fingerprint density at radius 2 is 1.79 bits per heavy atom. The molecule has 1 amide bonds. The molecular formula is C23H26F2N2O2. The van der Waals surface area contributed by atoms with Crippen LogP contribution in [0.5, 0.6) is 5.75 Å². The van der Waals surface area contributed by atoms with Gasteiger partial charge in [-0.3, -0.25) is 9.69 Å². The van der Waals surface area contributed by atoms with Crippen LogP contribution in [0, 0.1) is 11.6 Å². The molecule has 0 aromatic heterocycles. The Morgan fingerprint density at radius 3 is 2.59 bits per heavy atom. The summed E-state index contributed by atoms with van der Waals surface area (Å²) in [5.41, 5.74) is 1.33. The summed E-state index contributed by atoms with van der Waals surface area (Å²) >= 11 is 0. The normalized spacial score (nSPS) is 21.8. The first-order chi connectivity index (χ1) is 13.9. The van der Waals surface area contributed by atoms with Crippen molar-refractivity contribution in [3.05, 3.63) is 65.2 Å². The summed E-state index contributed by atoms with van der Waals surface area (Å²) in [5, 5.41) is 0. The second-order valence-corrected chi connectivity index (χ2v) is 8.11. The highest BCUT2D eigenvalue weighted by molar-refractivity contribution is 5.80. The maximum atomic E-state index is 14.1. The molecule has 0 bridgehead atoms. The van der Waals surface area contributed by atoms with Crippen LogP contribution in [0.4, 0.5) is 8.78 Å².